The first kappa shape index (κ1) is 12.1. The highest BCUT2D eigenvalue weighted by Crippen LogP contribution is 2.13. The molecule has 0 aliphatic rings. The lowest BCUT2D eigenvalue weighted by Crippen LogP contribution is -2.14. The van der Waals surface area contributed by atoms with Crippen molar-refractivity contribution in [2.75, 3.05) is 0 Å². The Balaban J connectivity index is 2.00. The van der Waals surface area contributed by atoms with Crippen LogP contribution in [0.15, 0.2) is 53.3 Å². The van der Waals surface area contributed by atoms with Gasteiger partial charge in [0.15, 0.2) is 0 Å². The van der Waals surface area contributed by atoms with Gasteiger partial charge < -0.3 is 9.97 Å². The van der Waals surface area contributed by atoms with Gasteiger partial charge in [0.05, 0.1) is 11.0 Å². The Morgan fingerprint density at radius 2 is 1.40 bits per heavy atom. The standard InChI is InChI=1S/C15H10N2O3/c18-13(9-4-2-1-3-5-9)14(19)10-6-7-11-12(8-10)17-15(20)16-11/h1-8H,(H2,16,17,20). The SMILES string of the molecule is O=C(C(=O)c1ccc2[nH]c(=O)[nH]c2c1)c1ccccc1. The number of ketones is 2. The van der Waals surface area contributed by atoms with Crippen molar-refractivity contribution in [3.63, 3.8) is 0 Å². The molecule has 0 amide bonds. The van der Waals surface area contributed by atoms with Crippen molar-refractivity contribution in [3.8, 4) is 0 Å². The summed E-state index contributed by atoms with van der Waals surface area (Å²) in [5.41, 5.74) is 1.35. The molecule has 2 aromatic carbocycles. The van der Waals surface area contributed by atoms with Crippen LogP contribution in [0.1, 0.15) is 20.7 Å². The molecule has 0 aliphatic carbocycles. The van der Waals surface area contributed by atoms with E-state index >= 15 is 0 Å². The third-order valence-corrected chi connectivity index (χ3v) is 3.02. The van der Waals surface area contributed by atoms with E-state index in [1.165, 1.54) is 12.1 Å². The molecule has 5 heteroatoms. The van der Waals surface area contributed by atoms with E-state index in [1.54, 1.807) is 36.4 Å². The lowest BCUT2D eigenvalue weighted by Gasteiger charge is -2.00. The Bertz CT molecular complexity index is 859. The molecular weight excluding hydrogens is 256 g/mol. The summed E-state index contributed by atoms with van der Waals surface area (Å²) in [6, 6.07) is 13.0. The molecule has 0 atom stereocenters. The number of hydrogen-bond acceptors (Lipinski definition) is 3. The molecule has 0 radical (unpaired) electrons. The Hall–Kier alpha value is -2.95. The van der Waals surface area contributed by atoms with Crippen molar-refractivity contribution in [3.05, 3.63) is 70.1 Å². The van der Waals surface area contributed by atoms with Crippen molar-refractivity contribution in [1.29, 1.82) is 0 Å². The van der Waals surface area contributed by atoms with E-state index in [0.29, 0.717) is 16.6 Å². The molecule has 20 heavy (non-hydrogen) atoms. The van der Waals surface area contributed by atoms with Crippen molar-refractivity contribution in [2.45, 2.75) is 0 Å². The monoisotopic (exact) mass is 266 g/mol. The van der Waals surface area contributed by atoms with E-state index in [0.717, 1.165) is 0 Å². The average Bonchev–Trinajstić information content (AvgIpc) is 2.85. The van der Waals surface area contributed by atoms with E-state index in [2.05, 4.69) is 9.97 Å². The number of rotatable bonds is 3. The summed E-state index contributed by atoms with van der Waals surface area (Å²) in [4.78, 5) is 40.5. The number of carbonyl (C=O) groups excluding carboxylic acids is 2. The number of aromatic nitrogens is 2. The van der Waals surface area contributed by atoms with Gasteiger partial charge in [0.1, 0.15) is 0 Å². The van der Waals surface area contributed by atoms with Gasteiger partial charge in [-0.3, -0.25) is 9.59 Å². The van der Waals surface area contributed by atoms with Gasteiger partial charge in [-0.2, -0.15) is 0 Å². The van der Waals surface area contributed by atoms with Crippen LogP contribution >= 0.6 is 0 Å². The Morgan fingerprint density at radius 3 is 2.15 bits per heavy atom. The normalized spacial score (nSPS) is 10.6. The van der Waals surface area contributed by atoms with Crippen molar-refractivity contribution in [1.82, 2.24) is 9.97 Å². The van der Waals surface area contributed by atoms with Gasteiger partial charge >= 0.3 is 5.69 Å². The van der Waals surface area contributed by atoms with E-state index in [-0.39, 0.29) is 11.3 Å². The molecule has 98 valence electrons. The van der Waals surface area contributed by atoms with Crippen LogP contribution in [-0.2, 0) is 0 Å². The third-order valence-electron chi connectivity index (χ3n) is 3.02. The third kappa shape index (κ3) is 2.05. The highest BCUT2D eigenvalue weighted by Gasteiger charge is 2.18. The predicted octanol–water partition coefficient (Wildman–Crippen LogP) is 1.92. The summed E-state index contributed by atoms with van der Waals surface area (Å²) in [7, 11) is 0. The fraction of sp³-hybridized carbons (Fsp3) is 0. The summed E-state index contributed by atoms with van der Waals surface area (Å²) < 4.78 is 0. The van der Waals surface area contributed by atoms with Crippen molar-refractivity contribution >= 4 is 22.6 Å². The molecule has 2 N–H and O–H groups in total. The second-order valence-corrected chi connectivity index (χ2v) is 4.36. The van der Waals surface area contributed by atoms with Gasteiger partial charge in [-0.25, -0.2) is 4.79 Å². The first-order valence-corrected chi connectivity index (χ1v) is 6.01. The number of hydrogen-bond donors (Lipinski definition) is 2. The number of aromatic amines is 2. The molecule has 0 bridgehead atoms. The maximum absolute atomic E-state index is 12.1. The highest BCUT2D eigenvalue weighted by molar-refractivity contribution is 6.49. The lowest BCUT2D eigenvalue weighted by atomic mass is 10.0. The fourth-order valence-electron chi connectivity index (χ4n) is 2.03. The summed E-state index contributed by atoms with van der Waals surface area (Å²) in [5.74, 6) is -1.16. The maximum Gasteiger partial charge on any atom is 0.323 e. The quantitative estimate of drug-likeness (QED) is 0.561. The van der Waals surface area contributed by atoms with Gasteiger partial charge in [0, 0.05) is 11.1 Å². The predicted molar refractivity (Wildman–Crippen MR) is 74.0 cm³/mol. The highest BCUT2D eigenvalue weighted by atomic mass is 16.2. The van der Waals surface area contributed by atoms with Gasteiger partial charge in [-0.05, 0) is 18.2 Å². The van der Waals surface area contributed by atoms with Crippen LogP contribution in [0.25, 0.3) is 11.0 Å². The van der Waals surface area contributed by atoms with Gasteiger partial charge in [0.2, 0.25) is 11.6 Å². The zero-order chi connectivity index (χ0) is 14.1. The van der Waals surface area contributed by atoms with E-state index in [4.69, 9.17) is 0 Å². The number of H-pyrrole nitrogens is 2. The largest absolute Gasteiger partial charge is 0.323 e. The minimum Gasteiger partial charge on any atom is -0.306 e. The molecular formula is C15H10N2O3. The molecule has 3 rings (SSSR count). The number of Topliss-reactive ketones (excluding diaryl/α,β-unsaturated/α-hetero) is 2. The summed E-state index contributed by atoms with van der Waals surface area (Å²) >= 11 is 0. The van der Waals surface area contributed by atoms with Crippen LogP contribution in [0.4, 0.5) is 0 Å². The molecule has 0 aliphatic heterocycles. The minimum atomic E-state index is -0.597. The molecule has 0 saturated carbocycles. The van der Waals surface area contributed by atoms with E-state index < -0.39 is 11.6 Å². The minimum absolute atomic E-state index is 0.251. The first-order valence-electron chi connectivity index (χ1n) is 6.01. The zero-order valence-corrected chi connectivity index (χ0v) is 10.3. The van der Waals surface area contributed by atoms with Gasteiger partial charge in [0.25, 0.3) is 0 Å². The van der Waals surface area contributed by atoms with E-state index in [9.17, 15) is 14.4 Å². The second-order valence-electron chi connectivity index (χ2n) is 4.36. The van der Waals surface area contributed by atoms with Crippen LogP contribution in [0, 0.1) is 0 Å². The van der Waals surface area contributed by atoms with E-state index in [1.807, 2.05) is 0 Å². The molecule has 1 heterocycles. The number of benzene rings is 2. The summed E-state index contributed by atoms with van der Waals surface area (Å²) in [6.45, 7) is 0. The zero-order valence-electron chi connectivity index (χ0n) is 10.3. The molecule has 0 saturated heterocycles. The lowest BCUT2D eigenvalue weighted by molar-refractivity contribution is 0.0817. The van der Waals surface area contributed by atoms with Crippen molar-refractivity contribution < 1.29 is 9.59 Å². The number of fused-ring (bicyclic) bond motifs is 1. The Kier molecular flexibility index (Phi) is 2.80. The molecule has 0 unspecified atom stereocenters. The maximum atomic E-state index is 12.1. The number of imidazole rings is 1. The topological polar surface area (TPSA) is 82.8 Å². The van der Waals surface area contributed by atoms with Gasteiger partial charge in [-0.1, -0.05) is 30.3 Å². The Labute approximate surface area is 113 Å². The molecule has 1 aromatic heterocycles. The average molecular weight is 266 g/mol. The second kappa shape index (κ2) is 4.62. The van der Waals surface area contributed by atoms with Crippen molar-refractivity contribution in [2.24, 2.45) is 0 Å². The fourth-order valence-corrected chi connectivity index (χ4v) is 2.03. The first-order chi connectivity index (χ1) is 9.65. The molecule has 3 aromatic rings. The summed E-state index contributed by atoms with van der Waals surface area (Å²) in [6.07, 6.45) is 0. The van der Waals surface area contributed by atoms with Crippen LogP contribution in [0.2, 0.25) is 0 Å². The van der Waals surface area contributed by atoms with Crippen LogP contribution < -0.4 is 5.69 Å². The number of nitrogens with one attached hydrogen (secondary N) is 2. The molecule has 0 fully saturated rings. The van der Waals surface area contributed by atoms with Crippen LogP contribution in [0.5, 0.6) is 0 Å². The van der Waals surface area contributed by atoms with Gasteiger partial charge in [-0.15, -0.1) is 0 Å². The smallest absolute Gasteiger partial charge is 0.306 e. The van der Waals surface area contributed by atoms with Crippen LogP contribution in [-0.4, -0.2) is 21.5 Å². The summed E-state index contributed by atoms with van der Waals surface area (Å²) in [5, 5.41) is 0. The Morgan fingerprint density at radius 1 is 0.750 bits per heavy atom. The number of carbonyl (C=O) groups is 2. The van der Waals surface area contributed by atoms with Crippen LogP contribution in [0.3, 0.4) is 0 Å². The molecule has 5 nitrogen and oxygen atoms in total. The molecule has 0 spiro atoms.